The molecule has 0 spiro atoms. The quantitative estimate of drug-likeness (QED) is 0.315. The van der Waals surface area contributed by atoms with E-state index in [1.54, 1.807) is 32.9 Å². The number of nitrogens with zero attached hydrogens (tertiary/aromatic N) is 4. The van der Waals surface area contributed by atoms with E-state index in [9.17, 15) is 9.59 Å². The molecule has 1 unspecified atom stereocenters. The van der Waals surface area contributed by atoms with Crippen LogP contribution in [0, 0.1) is 19.8 Å². The minimum absolute atomic E-state index is 0.0599. The summed E-state index contributed by atoms with van der Waals surface area (Å²) in [4.78, 5) is 33.4. The molecule has 0 radical (unpaired) electrons. The number of hydrogen-bond acceptors (Lipinski definition) is 7. The van der Waals surface area contributed by atoms with Gasteiger partial charge in [-0.1, -0.05) is 18.7 Å². The van der Waals surface area contributed by atoms with E-state index in [0.717, 1.165) is 52.1 Å². The van der Waals surface area contributed by atoms with Crippen molar-refractivity contribution in [1.29, 1.82) is 0 Å². The molecule has 5 rings (SSSR count). The highest BCUT2D eigenvalue weighted by Gasteiger charge is 2.25. The van der Waals surface area contributed by atoms with Gasteiger partial charge in [0.2, 0.25) is 5.91 Å². The zero-order valence-electron chi connectivity index (χ0n) is 19.7. The minimum atomic E-state index is -0.164. The number of rotatable bonds is 6. The van der Waals surface area contributed by atoms with Gasteiger partial charge in [-0.2, -0.15) is 5.10 Å². The lowest BCUT2D eigenvalue weighted by atomic mass is 9.89. The molecule has 1 aliphatic rings. The lowest BCUT2D eigenvalue weighted by Gasteiger charge is -2.17. The smallest absolute Gasteiger partial charge is 0.263 e. The Kier molecular flexibility index (Phi) is 6.11. The molecule has 4 heterocycles. The molecule has 34 heavy (non-hydrogen) atoms. The van der Waals surface area contributed by atoms with Crippen molar-refractivity contribution >= 4 is 44.9 Å². The summed E-state index contributed by atoms with van der Waals surface area (Å²) in [5.74, 6) is 1.26. The molecular formula is C24H27N5O3S2. The summed E-state index contributed by atoms with van der Waals surface area (Å²) in [7, 11) is 1.85. The number of aryl methyl sites for hydroxylation is 3. The van der Waals surface area contributed by atoms with Crippen LogP contribution < -0.4 is 10.9 Å². The number of carbonyl (C=O) groups excluding carboxylic acids is 1. The fraction of sp³-hybridized carbons (Fsp3) is 0.417. The number of hydrogen-bond donors (Lipinski definition) is 1. The number of anilines is 1. The summed E-state index contributed by atoms with van der Waals surface area (Å²) in [6.45, 7) is 6.31. The Morgan fingerprint density at radius 3 is 2.91 bits per heavy atom. The molecule has 1 N–H and O–H groups in total. The van der Waals surface area contributed by atoms with Crippen molar-refractivity contribution in [1.82, 2.24) is 19.3 Å². The second-order valence-corrected chi connectivity index (χ2v) is 10.9. The fourth-order valence-corrected chi connectivity index (χ4v) is 6.70. The van der Waals surface area contributed by atoms with Crippen molar-refractivity contribution in [2.45, 2.75) is 51.7 Å². The Morgan fingerprint density at radius 1 is 1.38 bits per heavy atom. The van der Waals surface area contributed by atoms with Crippen LogP contribution in [0.15, 0.2) is 32.8 Å². The van der Waals surface area contributed by atoms with Crippen LogP contribution in [0.4, 0.5) is 5.69 Å². The molecule has 4 aromatic heterocycles. The van der Waals surface area contributed by atoms with Gasteiger partial charge in [-0.3, -0.25) is 18.8 Å². The van der Waals surface area contributed by atoms with Gasteiger partial charge in [0.05, 0.1) is 41.0 Å². The topological polar surface area (TPSA) is 95.0 Å². The van der Waals surface area contributed by atoms with E-state index in [0.29, 0.717) is 16.8 Å². The predicted octanol–water partition coefficient (Wildman–Crippen LogP) is 4.31. The third kappa shape index (κ3) is 4.20. The average Bonchev–Trinajstić information content (AvgIpc) is 3.49. The van der Waals surface area contributed by atoms with Crippen molar-refractivity contribution in [3.8, 4) is 0 Å². The van der Waals surface area contributed by atoms with Crippen LogP contribution in [0.3, 0.4) is 0 Å². The number of carbonyl (C=O) groups is 1. The first kappa shape index (κ1) is 22.9. The van der Waals surface area contributed by atoms with Crippen molar-refractivity contribution in [3.63, 3.8) is 0 Å². The summed E-state index contributed by atoms with van der Waals surface area (Å²) in [6, 6.07) is 3.65. The highest BCUT2D eigenvalue weighted by molar-refractivity contribution is 7.99. The molecule has 1 aliphatic carbocycles. The third-order valence-electron chi connectivity index (χ3n) is 6.38. The van der Waals surface area contributed by atoms with Crippen LogP contribution in [0.2, 0.25) is 0 Å². The van der Waals surface area contributed by atoms with E-state index < -0.39 is 0 Å². The summed E-state index contributed by atoms with van der Waals surface area (Å²) >= 11 is 2.89. The van der Waals surface area contributed by atoms with Crippen LogP contribution in [0.5, 0.6) is 0 Å². The van der Waals surface area contributed by atoms with E-state index in [2.05, 4.69) is 17.3 Å². The van der Waals surface area contributed by atoms with E-state index >= 15 is 0 Å². The summed E-state index contributed by atoms with van der Waals surface area (Å²) in [6.07, 6.45) is 4.58. The van der Waals surface area contributed by atoms with Crippen molar-refractivity contribution in [3.05, 3.63) is 56.3 Å². The maximum absolute atomic E-state index is 13.7. The fourth-order valence-electron chi connectivity index (χ4n) is 4.47. The normalized spacial score (nSPS) is 15.6. The Hall–Kier alpha value is -2.85. The Bertz CT molecular complexity index is 1430. The molecule has 0 saturated carbocycles. The summed E-state index contributed by atoms with van der Waals surface area (Å²) < 4.78 is 8.91. The van der Waals surface area contributed by atoms with Crippen LogP contribution in [0.25, 0.3) is 10.2 Å². The van der Waals surface area contributed by atoms with Gasteiger partial charge in [-0.15, -0.1) is 11.3 Å². The second kappa shape index (κ2) is 9.07. The third-order valence-corrected chi connectivity index (χ3v) is 8.50. The van der Waals surface area contributed by atoms with Crippen LogP contribution in [0.1, 0.15) is 40.9 Å². The molecular weight excluding hydrogens is 470 g/mol. The minimum Gasteiger partial charge on any atom is -0.467 e. The van der Waals surface area contributed by atoms with E-state index in [-0.39, 0.29) is 23.8 Å². The molecule has 10 heteroatoms. The van der Waals surface area contributed by atoms with Gasteiger partial charge >= 0.3 is 0 Å². The SMILES string of the molecule is Cc1nn(C)c(C)c1NC(=O)CSc1nc2sc3c(c2c(=O)n1Cc1ccco1)CCC(C)C3. The first-order chi connectivity index (χ1) is 16.3. The Balaban J connectivity index is 1.47. The molecule has 4 aromatic rings. The van der Waals surface area contributed by atoms with Gasteiger partial charge in [0.25, 0.3) is 5.56 Å². The summed E-state index contributed by atoms with van der Waals surface area (Å²) in [5, 5.41) is 8.56. The van der Waals surface area contributed by atoms with Crippen molar-refractivity contribution < 1.29 is 9.21 Å². The van der Waals surface area contributed by atoms with E-state index in [1.807, 2.05) is 27.0 Å². The monoisotopic (exact) mass is 497 g/mol. The molecule has 1 amide bonds. The lowest BCUT2D eigenvalue weighted by Crippen LogP contribution is -2.25. The summed E-state index contributed by atoms with van der Waals surface area (Å²) in [5.41, 5.74) is 3.48. The zero-order chi connectivity index (χ0) is 24.0. The van der Waals surface area contributed by atoms with Crippen LogP contribution >= 0.6 is 23.1 Å². The molecule has 0 bridgehead atoms. The van der Waals surface area contributed by atoms with Gasteiger partial charge in [-0.05, 0) is 56.7 Å². The van der Waals surface area contributed by atoms with Gasteiger partial charge < -0.3 is 9.73 Å². The standard InChI is InChI=1S/C24H27N5O3S2/c1-13-7-8-17-18(10-13)34-22-20(17)23(31)29(11-16-6-5-9-32-16)24(26-22)33-12-19(30)25-21-14(2)27-28(4)15(21)3/h5-6,9,13H,7-8,10-12H2,1-4H3,(H,25,30). The largest absolute Gasteiger partial charge is 0.467 e. The first-order valence-electron chi connectivity index (χ1n) is 11.3. The number of thioether (sulfide) groups is 1. The molecule has 0 fully saturated rings. The molecule has 0 aromatic carbocycles. The van der Waals surface area contributed by atoms with Gasteiger partial charge in [0.15, 0.2) is 5.16 Å². The van der Waals surface area contributed by atoms with Crippen LogP contribution in [-0.2, 0) is 31.2 Å². The predicted molar refractivity (Wildman–Crippen MR) is 135 cm³/mol. The van der Waals surface area contributed by atoms with Gasteiger partial charge in [-0.25, -0.2) is 4.98 Å². The van der Waals surface area contributed by atoms with Gasteiger partial charge in [0, 0.05) is 11.9 Å². The Labute approximate surface area is 205 Å². The van der Waals surface area contributed by atoms with Crippen molar-refractivity contribution in [2.75, 3.05) is 11.1 Å². The Morgan fingerprint density at radius 2 is 2.21 bits per heavy atom. The molecule has 178 valence electrons. The van der Waals surface area contributed by atoms with Crippen molar-refractivity contribution in [2.24, 2.45) is 13.0 Å². The number of amides is 1. The number of thiophene rings is 1. The number of aromatic nitrogens is 4. The maximum Gasteiger partial charge on any atom is 0.263 e. The zero-order valence-corrected chi connectivity index (χ0v) is 21.3. The average molecular weight is 498 g/mol. The highest BCUT2D eigenvalue weighted by Crippen LogP contribution is 2.36. The lowest BCUT2D eigenvalue weighted by molar-refractivity contribution is -0.113. The number of furan rings is 1. The number of nitrogens with one attached hydrogen (secondary N) is 1. The van der Waals surface area contributed by atoms with Crippen LogP contribution in [-0.4, -0.2) is 31.0 Å². The maximum atomic E-state index is 13.7. The second-order valence-electron chi connectivity index (χ2n) is 8.90. The molecule has 0 aliphatic heterocycles. The van der Waals surface area contributed by atoms with E-state index in [1.165, 1.54) is 16.6 Å². The number of fused-ring (bicyclic) bond motifs is 3. The molecule has 8 nitrogen and oxygen atoms in total. The highest BCUT2D eigenvalue weighted by atomic mass is 32.2. The van der Waals surface area contributed by atoms with E-state index in [4.69, 9.17) is 9.40 Å². The van der Waals surface area contributed by atoms with Gasteiger partial charge in [0.1, 0.15) is 10.6 Å². The first-order valence-corrected chi connectivity index (χ1v) is 13.1. The molecule has 1 atom stereocenters. The molecule has 0 saturated heterocycles.